The molecule has 0 unspecified atom stereocenters. The maximum Gasteiger partial charge on any atom is 0.125 e. The van der Waals surface area contributed by atoms with E-state index in [9.17, 15) is 0 Å². The van der Waals surface area contributed by atoms with Crippen molar-refractivity contribution in [2.45, 2.75) is 6.54 Å². The van der Waals surface area contributed by atoms with Crippen molar-refractivity contribution in [2.24, 2.45) is 0 Å². The lowest BCUT2D eigenvalue weighted by Crippen LogP contribution is -2.16. The highest BCUT2D eigenvalue weighted by molar-refractivity contribution is 7.07. The number of nitrogens with zero attached hydrogens (tertiary/aromatic N) is 2. The van der Waals surface area contributed by atoms with Crippen molar-refractivity contribution in [1.29, 1.82) is 0 Å². The van der Waals surface area contributed by atoms with Gasteiger partial charge in [0.2, 0.25) is 0 Å². The number of nitrogens with two attached hydrogens (primary N) is 1. The second kappa shape index (κ2) is 4.31. The zero-order valence-corrected chi connectivity index (χ0v) is 9.37. The number of aromatic nitrogens is 1. The van der Waals surface area contributed by atoms with Crippen LogP contribution in [0.3, 0.4) is 0 Å². The van der Waals surface area contributed by atoms with E-state index in [0.717, 1.165) is 12.2 Å². The summed E-state index contributed by atoms with van der Waals surface area (Å²) in [5.41, 5.74) is 8.04. The van der Waals surface area contributed by atoms with Crippen LogP contribution in [0.1, 0.15) is 5.56 Å². The monoisotopic (exact) mass is 219 g/mol. The Balaban J connectivity index is 2.11. The van der Waals surface area contributed by atoms with Gasteiger partial charge in [-0.3, -0.25) is 0 Å². The molecule has 0 amide bonds. The molecule has 0 aromatic carbocycles. The average molecular weight is 219 g/mol. The van der Waals surface area contributed by atoms with Gasteiger partial charge < -0.3 is 10.6 Å². The maximum absolute atomic E-state index is 5.63. The van der Waals surface area contributed by atoms with Gasteiger partial charge in [-0.1, -0.05) is 0 Å². The van der Waals surface area contributed by atoms with Gasteiger partial charge in [0, 0.05) is 31.5 Å². The van der Waals surface area contributed by atoms with E-state index in [-0.39, 0.29) is 0 Å². The average Bonchev–Trinajstić information content (AvgIpc) is 2.70. The van der Waals surface area contributed by atoms with Crippen LogP contribution in [-0.2, 0) is 6.54 Å². The molecule has 15 heavy (non-hydrogen) atoms. The minimum Gasteiger partial charge on any atom is -0.384 e. The van der Waals surface area contributed by atoms with Crippen molar-refractivity contribution in [3.63, 3.8) is 0 Å². The first-order chi connectivity index (χ1) is 7.25. The molecule has 2 N–H and O–H groups in total. The Morgan fingerprint density at radius 2 is 2.33 bits per heavy atom. The summed E-state index contributed by atoms with van der Waals surface area (Å²) in [7, 11) is 2.05. The van der Waals surface area contributed by atoms with Crippen LogP contribution < -0.4 is 10.6 Å². The maximum atomic E-state index is 5.63. The van der Waals surface area contributed by atoms with E-state index in [1.165, 1.54) is 5.56 Å². The Bertz CT molecular complexity index is 425. The number of nitrogen functional groups attached to an aromatic ring is 1. The van der Waals surface area contributed by atoms with Crippen LogP contribution in [0.25, 0.3) is 0 Å². The van der Waals surface area contributed by atoms with Crippen molar-refractivity contribution in [1.82, 2.24) is 4.98 Å². The van der Waals surface area contributed by atoms with Crippen molar-refractivity contribution in [2.75, 3.05) is 17.7 Å². The van der Waals surface area contributed by atoms with Crippen LogP contribution in [0, 0.1) is 0 Å². The van der Waals surface area contributed by atoms with E-state index in [0.29, 0.717) is 5.82 Å². The van der Waals surface area contributed by atoms with Crippen molar-refractivity contribution >= 4 is 22.8 Å². The Morgan fingerprint density at radius 1 is 1.47 bits per heavy atom. The van der Waals surface area contributed by atoms with Crippen LogP contribution >= 0.6 is 11.3 Å². The van der Waals surface area contributed by atoms with E-state index >= 15 is 0 Å². The summed E-state index contributed by atoms with van der Waals surface area (Å²) in [4.78, 5) is 6.13. The molecule has 0 spiro atoms. The topological polar surface area (TPSA) is 42.2 Å². The first-order valence-corrected chi connectivity index (χ1v) is 5.64. The molecule has 0 saturated heterocycles. The highest BCUT2D eigenvalue weighted by Gasteiger charge is 2.02. The summed E-state index contributed by atoms with van der Waals surface area (Å²) >= 11 is 1.72. The van der Waals surface area contributed by atoms with Crippen molar-refractivity contribution < 1.29 is 0 Å². The zero-order chi connectivity index (χ0) is 10.7. The number of anilines is 2. The molecular formula is C11H13N3S. The summed E-state index contributed by atoms with van der Waals surface area (Å²) in [5.74, 6) is 0.560. The second-order valence-electron chi connectivity index (χ2n) is 3.43. The van der Waals surface area contributed by atoms with E-state index in [2.05, 4.69) is 26.7 Å². The fourth-order valence-corrected chi connectivity index (χ4v) is 2.08. The van der Waals surface area contributed by atoms with E-state index < -0.39 is 0 Å². The minimum atomic E-state index is 0.560. The third kappa shape index (κ3) is 2.47. The van der Waals surface area contributed by atoms with Gasteiger partial charge in [-0.15, -0.1) is 0 Å². The van der Waals surface area contributed by atoms with Crippen LogP contribution in [0.15, 0.2) is 35.2 Å². The molecule has 0 atom stereocenters. The SMILES string of the molecule is CN(Cc1ccsc1)c1ccnc(N)c1. The molecule has 2 aromatic rings. The molecule has 0 aliphatic rings. The predicted molar refractivity (Wildman–Crippen MR) is 65.1 cm³/mol. The first-order valence-electron chi connectivity index (χ1n) is 4.69. The molecule has 3 nitrogen and oxygen atoms in total. The number of thiophene rings is 1. The molecule has 0 radical (unpaired) electrons. The summed E-state index contributed by atoms with van der Waals surface area (Å²) in [5, 5.41) is 4.24. The highest BCUT2D eigenvalue weighted by Crippen LogP contribution is 2.17. The van der Waals surface area contributed by atoms with Gasteiger partial charge in [0.1, 0.15) is 5.82 Å². The standard InChI is InChI=1S/C11H13N3S/c1-14(7-9-3-5-15-8-9)10-2-4-13-11(12)6-10/h2-6,8H,7H2,1H3,(H2,12,13). The lowest BCUT2D eigenvalue weighted by Gasteiger charge is -2.18. The van der Waals surface area contributed by atoms with Gasteiger partial charge in [0.25, 0.3) is 0 Å². The lowest BCUT2D eigenvalue weighted by atomic mass is 10.3. The Kier molecular flexibility index (Phi) is 2.87. The first kappa shape index (κ1) is 9.98. The predicted octanol–water partition coefficient (Wildman–Crippen LogP) is 2.36. The van der Waals surface area contributed by atoms with Gasteiger partial charge >= 0.3 is 0 Å². The Labute approximate surface area is 93.2 Å². The van der Waals surface area contributed by atoms with Crippen LogP contribution in [0.4, 0.5) is 11.5 Å². The summed E-state index contributed by atoms with van der Waals surface area (Å²) in [6.07, 6.45) is 1.73. The van der Waals surface area contributed by atoms with Gasteiger partial charge in [-0.2, -0.15) is 11.3 Å². The highest BCUT2D eigenvalue weighted by atomic mass is 32.1. The summed E-state index contributed by atoms with van der Waals surface area (Å²) in [6, 6.07) is 5.97. The van der Waals surface area contributed by atoms with Gasteiger partial charge in [0.15, 0.2) is 0 Å². The number of hydrogen-bond donors (Lipinski definition) is 1. The normalized spacial score (nSPS) is 10.2. The molecular weight excluding hydrogens is 206 g/mol. The van der Waals surface area contributed by atoms with Crippen LogP contribution in [0.5, 0.6) is 0 Å². The largest absolute Gasteiger partial charge is 0.384 e. The van der Waals surface area contributed by atoms with Gasteiger partial charge in [-0.25, -0.2) is 4.98 Å². The second-order valence-corrected chi connectivity index (χ2v) is 4.21. The van der Waals surface area contributed by atoms with E-state index in [1.807, 2.05) is 19.2 Å². The molecule has 0 aliphatic heterocycles. The van der Waals surface area contributed by atoms with E-state index in [4.69, 9.17) is 5.73 Å². The fourth-order valence-electron chi connectivity index (χ4n) is 1.42. The smallest absolute Gasteiger partial charge is 0.125 e. The number of rotatable bonds is 3. The molecule has 0 aliphatic carbocycles. The van der Waals surface area contributed by atoms with Crippen LogP contribution in [0.2, 0.25) is 0 Å². The van der Waals surface area contributed by atoms with E-state index in [1.54, 1.807) is 17.5 Å². The third-order valence-electron chi connectivity index (χ3n) is 2.21. The zero-order valence-electron chi connectivity index (χ0n) is 8.55. The third-order valence-corrected chi connectivity index (χ3v) is 2.94. The lowest BCUT2D eigenvalue weighted by molar-refractivity contribution is 0.926. The van der Waals surface area contributed by atoms with Gasteiger partial charge in [-0.05, 0) is 28.5 Å². The van der Waals surface area contributed by atoms with Crippen molar-refractivity contribution in [3.8, 4) is 0 Å². The number of hydrogen-bond acceptors (Lipinski definition) is 4. The molecule has 0 fully saturated rings. The molecule has 0 bridgehead atoms. The molecule has 2 heterocycles. The molecule has 2 aromatic heterocycles. The van der Waals surface area contributed by atoms with Crippen LogP contribution in [-0.4, -0.2) is 12.0 Å². The quantitative estimate of drug-likeness (QED) is 0.861. The Morgan fingerprint density at radius 3 is 3.00 bits per heavy atom. The Hall–Kier alpha value is -1.55. The summed E-state index contributed by atoms with van der Waals surface area (Å²) < 4.78 is 0. The molecule has 0 saturated carbocycles. The number of pyridine rings is 1. The van der Waals surface area contributed by atoms with Crippen molar-refractivity contribution in [3.05, 3.63) is 40.7 Å². The van der Waals surface area contributed by atoms with Gasteiger partial charge in [0.05, 0.1) is 0 Å². The molecule has 2 rings (SSSR count). The summed E-state index contributed by atoms with van der Waals surface area (Å²) in [6.45, 7) is 0.896. The fraction of sp³-hybridized carbons (Fsp3) is 0.182. The molecule has 78 valence electrons. The minimum absolute atomic E-state index is 0.560. The molecule has 4 heteroatoms.